The first-order chi connectivity index (χ1) is 25.1. The van der Waals surface area contributed by atoms with Crippen molar-refractivity contribution in [3.05, 3.63) is 160 Å². The number of carbonyl (C=O) groups is 5. The Morgan fingerprint density at radius 1 is 0.731 bits per heavy atom. The molecule has 52 heavy (non-hydrogen) atoms. The van der Waals surface area contributed by atoms with Gasteiger partial charge in [0.1, 0.15) is 5.70 Å². The van der Waals surface area contributed by atoms with E-state index in [9.17, 15) is 24.0 Å². The highest BCUT2D eigenvalue weighted by Crippen LogP contribution is 2.34. The Kier molecular flexibility index (Phi) is 10.8. The molecule has 5 aromatic rings. The first kappa shape index (κ1) is 35.6. The Balaban J connectivity index is 1.19. The molecule has 0 heterocycles. The molecule has 3 amide bonds. The van der Waals surface area contributed by atoms with Gasteiger partial charge in [-0.2, -0.15) is 0 Å². The maximum Gasteiger partial charge on any atom is 0.272 e. The van der Waals surface area contributed by atoms with Crippen molar-refractivity contribution in [3.8, 4) is 0 Å². The molecule has 0 aromatic heterocycles. The van der Waals surface area contributed by atoms with Gasteiger partial charge in [0.2, 0.25) is 5.91 Å². The number of hydrogen-bond acceptors (Lipinski definition) is 7. The van der Waals surface area contributed by atoms with E-state index >= 15 is 0 Å². The van der Waals surface area contributed by atoms with Gasteiger partial charge in [-0.3, -0.25) is 24.0 Å². The van der Waals surface area contributed by atoms with Crippen LogP contribution in [0.5, 0.6) is 0 Å². The van der Waals surface area contributed by atoms with E-state index < -0.39 is 17.1 Å². The monoisotopic (exact) mass is 708 g/mol. The van der Waals surface area contributed by atoms with Gasteiger partial charge in [-0.1, -0.05) is 79.7 Å². The molecule has 1 aliphatic carbocycles. The predicted molar refractivity (Wildman–Crippen MR) is 206 cm³/mol. The molecule has 0 aliphatic heterocycles. The van der Waals surface area contributed by atoms with Crippen LogP contribution in [0.25, 0.3) is 6.08 Å². The van der Waals surface area contributed by atoms with E-state index in [1.165, 1.54) is 11.8 Å². The number of rotatable bonds is 11. The Morgan fingerprint density at radius 3 is 2.08 bits per heavy atom. The van der Waals surface area contributed by atoms with Crippen molar-refractivity contribution in [2.45, 2.75) is 23.5 Å². The number of fused-ring (bicyclic) bond motifs is 2. The number of anilines is 3. The topological polar surface area (TPSA) is 125 Å². The molecular weight excluding hydrogens is 673 g/mol. The van der Waals surface area contributed by atoms with E-state index in [2.05, 4.69) is 16.0 Å². The number of carbonyl (C=O) groups excluding carboxylic acids is 5. The summed E-state index contributed by atoms with van der Waals surface area (Å²) in [6.07, 6.45) is 2.08. The predicted octanol–water partition coefficient (Wildman–Crippen LogP) is 7.45. The number of nitrogens with one attached hydrogen (secondary N) is 3. The van der Waals surface area contributed by atoms with Crippen LogP contribution in [0.2, 0.25) is 0 Å². The lowest BCUT2D eigenvalue weighted by molar-refractivity contribution is -0.116. The van der Waals surface area contributed by atoms with Gasteiger partial charge in [0.25, 0.3) is 11.8 Å². The Hall–Kier alpha value is -6.26. The number of ketones is 2. The van der Waals surface area contributed by atoms with Gasteiger partial charge in [0.15, 0.2) is 11.6 Å². The minimum absolute atomic E-state index is 0.0529. The fraction of sp³-hybridized carbons (Fsp3) is 0.119. The lowest BCUT2D eigenvalue weighted by atomic mass is 9.83. The Morgan fingerprint density at radius 2 is 1.38 bits per heavy atom. The summed E-state index contributed by atoms with van der Waals surface area (Å²) >= 11 is 1.30. The lowest BCUT2D eigenvalue weighted by Gasteiger charge is -2.21. The first-order valence-corrected chi connectivity index (χ1v) is 17.6. The normalized spacial score (nSPS) is 12.6. The van der Waals surface area contributed by atoms with Crippen LogP contribution in [0.15, 0.2) is 132 Å². The van der Waals surface area contributed by atoms with Crippen LogP contribution in [0, 0.1) is 0 Å². The fourth-order valence-electron chi connectivity index (χ4n) is 5.77. The summed E-state index contributed by atoms with van der Waals surface area (Å²) in [4.78, 5) is 69.7. The standard InChI is InChI=1S/C42H36N4O5S/c1-4-36(42(51)44-34-19-11-18-33-37(34)39(48)32-17-9-8-16-31(32)38(33)47)52-30-15-10-14-28(25-30)43-41(50)35(45-40(49)27-12-6-5-7-13-27)24-26-20-22-29(23-21-26)46(2)3/h5-25,36H,4H2,1-3H3,(H,43,50)(H,44,51)(H,45,49)/b35-24+. The molecule has 1 atom stereocenters. The highest BCUT2D eigenvalue weighted by Gasteiger charge is 2.32. The molecule has 9 nitrogen and oxygen atoms in total. The zero-order valence-electron chi connectivity index (χ0n) is 28.8. The quantitative estimate of drug-likeness (QED) is 0.0944. The van der Waals surface area contributed by atoms with Gasteiger partial charge < -0.3 is 20.9 Å². The highest BCUT2D eigenvalue weighted by molar-refractivity contribution is 8.00. The summed E-state index contributed by atoms with van der Waals surface area (Å²) in [6.45, 7) is 1.88. The number of thioether (sulfide) groups is 1. The minimum atomic E-state index is -0.561. The second-order valence-electron chi connectivity index (χ2n) is 12.3. The zero-order valence-corrected chi connectivity index (χ0v) is 29.6. The average molecular weight is 709 g/mol. The second-order valence-corrected chi connectivity index (χ2v) is 13.6. The van der Waals surface area contributed by atoms with Crippen LogP contribution in [0.3, 0.4) is 0 Å². The number of hydrogen-bond donors (Lipinski definition) is 3. The van der Waals surface area contributed by atoms with Gasteiger partial charge in [-0.25, -0.2) is 0 Å². The second kappa shape index (κ2) is 15.7. The number of benzene rings is 5. The van der Waals surface area contributed by atoms with Crippen molar-refractivity contribution in [2.24, 2.45) is 0 Å². The largest absolute Gasteiger partial charge is 0.378 e. The van der Waals surface area contributed by atoms with E-state index in [0.29, 0.717) is 33.7 Å². The van der Waals surface area contributed by atoms with Crippen LogP contribution in [0.4, 0.5) is 17.1 Å². The molecule has 10 heteroatoms. The van der Waals surface area contributed by atoms with Gasteiger partial charge in [-0.05, 0) is 66.6 Å². The van der Waals surface area contributed by atoms with Crippen LogP contribution >= 0.6 is 11.8 Å². The molecule has 1 unspecified atom stereocenters. The molecular formula is C42H36N4O5S. The molecule has 0 bridgehead atoms. The van der Waals surface area contributed by atoms with Crippen LogP contribution in [0.1, 0.15) is 61.1 Å². The molecule has 3 N–H and O–H groups in total. The van der Waals surface area contributed by atoms with Gasteiger partial charge in [0, 0.05) is 52.6 Å². The molecule has 0 saturated carbocycles. The number of amides is 3. The van der Waals surface area contributed by atoms with Crippen LogP contribution in [-0.4, -0.2) is 48.6 Å². The zero-order chi connectivity index (χ0) is 36.8. The Labute approximate surface area is 306 Å². The molecule has 0 spiro atoms. The molecule has 5 aromatic carbocycles. The van der Waals surface area contributed by atoms with E-state index in [1.54, 1.807) is 97.1 Å². The summed E-state index contributed by atoms with van der Waals surface area (Å²) in [5.74, 6) is -1.86. The van der Waals surface area contributed by atoms with Crippen molar-refractivity contribution in [2.75, 3.05) is 29.6 Å². The van der Waals surface area contributed by atoms with E-state index in [-0.39, 0.29) is 40.0 Å². The van der Waals surface area contributed by atoms with E-state index in [1.807, 2.05) is 56.3 Å². The number of nitrogens with zero attached hydrogens (tertiary/aromatic N) is 1. The molecule has 0 saturated heterocycles. The van der Waals surface area contributed by atoms with Gasteiger partial charge in [-0.15, -0.1) is 11.8 Å². The summed E-state index contributed by atoms with van der Waals surface area (Å²) in [5, 5.41) is 7.99. The fourth-order valence-corrected chi connectivity index (χ4v) is 6.79. The summed E-state index contributed by atoms with van der Waals surface area (Å²) in [6, 6.07) is 34.8. The van der Waals surface area contributed by atoms with Gasteiger partial charge >= 0.3 is 0 Å². The molecule has 1 aliphatic rings. The summed E-state index contributed by atoms with van der Waals surface area (Å²) < 4.78 is 0. The highest BCUT2D eigenvalue weighted by atomic mass is 32.2. The summed E-state index contributed by atoms with van der Waals surface area (Å²) in [7, 11) is 3.87. The third-order valence-electron chi connectivity index (χ3n) is 8.49. The molecule has 6 rings (SSSR count). The van der Waals surface area contributed by atoms with Crippen molar-refractivity contribution in [3.63, 3.8) is 0 Å². The SMILES string of the molecule is CCC(Sc1cccc(NC(=O)/C(=C\c2ccc(N(C)C)cc2)NC(=O)c2ccccc2)c1)C(=O)Nc1cccc2c1C(=O)c1ccccc1C2=O. The lowest BCUT2D eigenvalue weighted by Crippen LogP contribution is -2.30. The van der Waals surface area contributed by atoms with Crippen molar-refractivity contribution in [1.82, 2.24) is 5.32 Å². The maximum atomic E-state index is 13.7. The van der Waals surface area contributed by atoms with E-state index in [4.69, 9.17) is 0 Å². The summed E-state index contributed by atoms with van der Waals surface area (Å²) in [5.41, 5.74) is 4.00. The van der Waals surface area contributed by atoms with Crippen molar-refractivity contribution in [1.29, 1.82) is 0 Å². The van der Waals surface area contributed by atoms with Crippen molar-refractivity contribution < 1.29 is 24.0 Å². The van der Waals surface area contributed by atoms with Crippen molar-refractivity contribution >= 4 is 64.2 Å². The molecule has 260 valence electrons. The van der Waals surface area contributed by atoms with E-state index in [0.717, 1.165) is 11.3 Å². The smallest absolute Gasteiger partial charge is 0.272 e. The first-order valence-electron chi connectivity index (χ1n) is 16.7. The Bertz CT molecular complexity index is 2210. The third kappa shape index (κ3) is 7.87. The minimum Gasteiger partial charge on any atom is -0.378 e. The maximum absolute atomic E-state index is 13.7. The molecule has 0 radical (unpaired) electrons. The molecule has 0 fully saturated rings. The van der Waals surface area contributed by atoms with Gasteiger partial charge in [0.05, 0.1) is 16.5 Å². The third-order valence-corrected chi connectivity index (χ3v) is 9.85. The van der Waals surface area contributed by atoms with Crippen LogP contribution in [-0.2, 0) is 9.59 Å². The average Bonchev–Trinajstić information content (AvgIpc) is 3.16. The van der Waals surface area contributed by atoms with Crippen LogP contribution < -0.4 is 20.9 Å².